The number of para-hydroxylation sites is 1. The van der Waals surface area contributed by atoms with Crippen molar-refractivity contribution >= 4 is 17.4 Å². The van der Waals surface area contributed by atoms with Crippen molar-refractivity contribution in [2.75, 3.05) is 12.4 Å². The summed E-state index contributed by atoms with van der Waals surface area (Å²) < 4.78 is 5.12. The highest BCUT2D eigenvalue weighted by Crippen LogP contribution is 2.20. The molecule has 2 N–H and O–H groups in total. The van der Waals surface area contributed by atoms with Crippen LogP contribution in [0.5, 0.6) is 0 Å². The zero-order valence-corrected chi connectivity index (χ0v) is 13.9. The van der Waals surface area contributed by atoms with E-state index in [9.17, 15) is 14.7 Å². The summed E-state index contributed by atoms with van der Waals surface area (Å²) in [5, 5.41) is 12.4. The van der Waals surface area contributed by atoms with Crippen molar-refractivity contribution in [3.8, 4) is 0 Å². The molecule has 1 aromatic rings. The first-order chi connectivity index (χ1) is 10.9. The van der Waals surface area contributed by atoms with Crippen LogP contribution in [0.3, 0.4) is 0 Å². The summed E-state index contributed by atoms with van der Waals surface area (Å²) in [4.78, 5) is 23.2. The zero-order valence-electron chi connectivity index (χ0n) is 13.9. The van der Waals surface area contributed by atoms with Gasteiger partial charge < -0.3 is 15.2 Å². The predicted molar refractivity (Wildman–Crippen MR) is 90.6 cm³/mol. The molecular formula is C18H23NO4. The fourth-order valence-electron chi connectivity index (χ4n) is 2.14. The number of ketones is 1. The van der Waals surface area contributed by atoms with Crippen molar-refractivity contribution < 1.29 is 19.4 Å². The third-order valence-corrected chi connectivity index (χ3v) is 3.49. The molecule has 0 fully saturated rings. The van der Waals surface area contributed by atoms with Gasteiger partial charge in [-0.1, -0.05) is 25.1 Å². The van der Waals surface area contributed by atoms with Crippen LogP contribution in [-0.2, 0) is 9.53 Å². The Morgan fingerprint density at radius 1 is 1.30 bits per heavy atom. The van der Waals surface area contributed by atoms with Crippen LogP contribution < -0.4 is 5.32 Å². The molecule has 1 aromatic carbocycles. The number of hydrogen-bond acceptors (Lipinski definition) is 4. The summed E-state index contributed by atoms with van der Waals surface area (Å²) >= 11 is 0. The summed E-state index contributed by atoms with van der Waals surface area (Å²) in [6.07, 6.45) is 5.29. The van der Waals surface area contributed by atoms with E-state index in [2.05, 4.69) is 5.32 Å². The molecule has 23 heavy (non-hydrogen) atoms. The zero-order chi connectivity index (χ0) is 17.4. The quantitative estimate of drug-likeness (QED) is 0.436. The molecule has 0 radical (unpaired) electrons. The van der Waals surface area contributed by atoms with Crippen molar-refractivity contribution in [2.45, 2.75) is 26.8 Å². The van der Waals surface area contributed by atoms with Crippen LogP contribution in [0, 0.1) is 5.92 Å². The number of allylic oxidation sites excluding steroid dienone is 2. The number of ether oxygens (including phenoxy) is 1. The highest BCUT2D eigenvalue weighted by Gasteiger charge is 2.24. The number of carboxylic acid groups (broad SMARTS) is 1. The fraction of sp³-hybridized carbons (Fsp3) is 0.333. The van der Waals surface area contributed by atoms with Crippen molar-refractivity contribution in [1.82, 2.24) is 0 Å². The molecular weight excluding hydrogens is 294 g/mol. The minimum Gasteiger partial charge on any atom is -0.497 e. The van der Waals surface area contributed by atoms with Gasteiger partial charge in [-0.2, -0.15) is 0 Å². The van der Waals surface area contributed by atoms with E-state index in [1.165, 1.54) is 6.92 Å². The first-order valence-electron chi connectivity index (χ1n) is 7.38. The maximum atomic E-state index is 11.7. The van der Waals surface area contributed by atoms with Crippen LogP contribution in [0.4, 0.5) is 5.69 Å². The van der Waals surface area contributed by atoms with Gasteiger partial charge in [-0.25, -0.2) is 4.79 Å². The molecule has 2 unspecified atom stereocenters. The van der Waals surface area contributed by atoms with Gasteiger partial charge in [0.05, 0.1) is 7.11 Å². The highest BCUT2D eigenvalue weighted by atomic mass is 16.5. The molecule has 0 aliphatic rings. The largest absolute Gasteiger partial charge is 0.497 e. The number of Topliss-reactive ketones (excluding diaryl/α,β-unsaturated/α-hetero) is 1. The molecule has 0 amide bonds. The van der Waals surface area contributed by atoms with Gasteiger partial charge in [-0.3, -0.25) is 4.79 Å². The van der Waals surface area contributed by atoms with Crippen LogP contribution in [0.2, 0.25) is 0 Å². The van der Waals surface area contributed by atoms with Crippen molar-refractivity contribution in [3.63, 3.8) is 0 Å². The molecule has 0 aliphatic carbocycles. The summed E-state index contributed by atoms with van der Waals surface area (Å²) in [7, 11) is 1.56. The molecule has 0 saturated carbocycles. The molecule has 0 bridgehead atoms. The number of benzene rings is 1. The summed E-state index contributed by atoms with van der Waals surface area (Å²) in [6, 6.07) is 6.03. The van der Waals surface area contributed by atoms with E-state index in [0.29, 0.717) is 17.0 Å². The number of carbonyl (C=O) groups is 2. The lowest BCUT2D eigenvalue weighted by Gasteiger charge is -2.21. The Balaban J connectivity index is 3.00. The molecule has 2 atom stereocenters. The van der Waals surface area contributed by atoms with Crippen molar-refractivity contribution in [2.24, 2.45) is 5.92 Å². The van der Waals surface area contributed by atoms with Crippen LogP contribution in [0.15, 0.2) is 48.3 Å². The Bertz CT molecular complexity index is 619. The Kier molecular flexibility index (Phi) is 7.06. The van der Waals surface area contributed by atoms with Gasteiger partial charge in [0, 0.05) is 17.2 Å². The molecule has 0 aliphatic heterocycles. The fourth-order valence-corrected chi connectivity index (χ4v) is 2.14. The Labute approximate surface area is 136 Å². The van der Waals surface area contributed by atoms with Gasteiger partial charge in [-0.05, 0) is 38.1 Å². The van der Waals surface area contributed by atoms with Gasteiger partial charge >= 0.3 is 5.97 Å². The van der Waals surface area contributed by atoms with Gasteiger partial charge in [0.15, 0.2) is 5.78 Å². The molecule has 0 spiro atoms. The van der Waals surface area contributed by atoms with Gasteiger partial charge in [0.25, 0.3) is 0 Å². The number of rotatable bonds is 8. The second-order valence-corrected chi connectivity index (χ2v) is 5.18. The average Bonchev–Trinajstić information content (AvgIpc) is 2.53. The number of hydrogen-bond donors (Lipinski definition) is 2. The molecule has 0 saturated heterocycles. The molecule has 1 rings (SSSR count). The molecule has 124 valence electrons. The molecule has 0 aromatic heterocycles. The predicted octanol–water partition coefficient (Wildman–Crippen LogP) is 3.50. The summed E-state index contributed by atoms with van der Waals surface area (Å²) in [6.45, 7) is 5.09. The first-order valence-corrected chi connectivity index (χ1v) is 7.38. The minimum absolute atomic E-state index is 0.115. The Morgan fingerprint density at radius 2 is 1.96 bits per heavy atom. The highest BCUT2D eigenvalue weighted by molar-refractivity contribution is 6.00. The lowest BCUT2D eigenvalue weighted by Crippen LogP contribution is -2.35. The maximum absolute atomic E-state index is 11.7. The van der Waals surface area contributed by atoms with E-state index in [1.807, 2.05) is 6.92 Å². The topological polar surface area (TPSA) is 75.6 Å². The van der Waals surface area contributed by atoms with Crippen molar-refractivity contribution in [3.05, 3.63) is 53.8 Å². The van der Waals surface area contributed by atoms with Gasteiger partial charge in [-0.15, -0.1) is 0 Å². The monoisotopic (exact) mass is 317 g/mol. The minimum atomic E-state index is -0.986. The molecule has 0 heterocycles. The first kappa shape index (κ1) is 18.5. The number of aliphatic carboxylic acids is 1. The molecule has 5 heteroatoms. The number of nitrogens with one attached hydrogen (secondary N) is 1. The van der Waals surface area contributed by atoms with Crippen LogP contribution in [-0.4, -0.2) is 30.0 Å². The van der Waals surface area contributed by atoms with Gasteiger partial charge in [0.1, 0.15) is 11.8 Å². The van der Waals surface area contributed by atoms with E-state index >= 15 is 0 Å². The van der Waals surface area contributed by atoms with E-state index in [1.54, 1.807) is 56.5 Å². The van der Waals surface area contributed by atoms with E-state index in [4.69, 9.17) is 4.74 Å². The van der Waals surface area contributed by atoms with E-state index in [0.717, 1.165) is 0 Å². The van der Waals surface area contributed by atoms with Crippen LogP contribution in [0.1, 0.15) is 31.1 Å². The summed E-state index contributed by atoms with van der Waals surface area (Å²) in [5.74, 6) is -0.751. The Hall–Kier alpha value is -2.56. The lowest BCUT2D eigenvalue weighted by molar-refractivity contribution is -0.138. The Morgan fingerprint density at radius 3 is 2.48 bits per heavy atom. The third kappa shape index (κ3) is 5.29. The van der Waals surface area contributed by atoms with Gasteiger partial charge in [0.2, 0.25) is 0 Å². The maximum Gasteiger partial charge on any atom is 0.326 e. The summed E-state index contributed by atoms with van der Waals surface area (Å²) in [5.41, 5.74) is 0.992. The third-order valence-electron chi connectivity index (χ3n) is 3.49. The molecule has 5 nitrogen and oxygen atoms in total. The number of carbonyl (C=O) groups excluding carboxylic acids is 1. The smallest absolute Gasteiger partial charge is 0.326 e. The normalized spacial score (nSPS) is 14.3. The van der Waals surface area contributed by atoms with Crippen LogP contribution in [0.25, 0.3) is 0 Å². The average molecular weight is 317 g/mol. The van der Waals surface area contributed by atoms with Crippen molar-refractivity contribution in [1.29, 1.82) is 0 Å². The second-order valence-electron chi connectivity index (χ2n) is 5.18. The lowest BCUT2D eigenvalue weighted by atomic mass is 9.99. The second kappa shape index (κ2) is 8.78. The van der Waals surface area contributed by atoms with E-state index in [-0.39, 0.29) is 11.7 Å². The van der Waals surface area contributed by atoms with Crippen LogP contribution >= 0.6 is 0 Å². The standard InChI is InChI=1S/C18H23NO4/c1-5-14(23-4)11-10-12(2)17(18(21)22)19-16-9-7-6-8-15(16)13(3)20/h5-12,17,19H,1-4H3,(H,21,22)/b11-10-,14-5+. The number of methoxy groups -OCH3 is 1. The number of carboxylic acids is 1. The number of anilines is 1. The van der Waals surface area contributed by atoms with E-state index < -0.39 is 12.0 Å². The SMILES string of the molecule is C/C=C(\C=C/C(C)C(Nc1ccccc1C(C)=O)C(=O)O)OC.